The topological polar surface area (TPSA) is 54.7 Å². The molecule has 0 aliphatic carbocycles. The Bertz CT molecular complexity index is 483. The molecule has 1 saturated heterocycles. The van der Waals surface area contributed by atoms with Gasteiger partial charge < -0.3 is 15.0 Å². The van der Waals surface area contributed by atoms with E-state index in [4.69, 9.17) is 4.74 Å². The smallest absolute Gasteiger partial charge is 0.319 e. The summed E-state index contributed by atoms with van der Waals surface area (Å²) in [6.45, 7) is 0.108. The zero-order valence-electron chi connectivity index (χ0n) is 12.7. The van der Waals surface area contributed by atoms with Crippen molar-refractivity contribution in [1.82, 2.24) is 19.8 Å². The van der Waals surface area contributed by atoms with Gasteiger partial charge in [0.05, 0.1) is 13.2 Å². The Morgan fingerprint density at radius 1 is 1.59 bits per heavy atom. The molecule has 1 aromatic heterocycles. The average Bonchev–Trinajstić information content (AvgIpc) is 3.09. The van der Waals surface area contributed by atoms with Crippen molar-refractivity contribution in [2.24, 2.45) is 10.9 Å². The maximum atomic E-state index is 12.7. The maximum absolute atomic E-state index is 12.7. The zero-order valence-corrected chi connectivity index (χ0v) is 15.0. The highest BCUT2D eigenvalue weighted by atomic mass is 127. The Labute approximate surface area is 146 Å². The maximum Gasteiger partial charge on any atom is 0.319 e. The van der Waals surface area contributed by atoms with Crippen LogP contribution in [-0.2, 0) is 11.3 Å². The number of nitrogens with one attached hydrogen (secondary N) is 1. The number of hydrogen-bond acceptors (Lipinski definition) is 3. The fraction of sp³-hybridized carbons (Fsp3) is 0.692. The van der Waals surface area contributed by atoms with Crippen LogP contribution in [0.2, 0.25) is 0 Å². The molecule has 9 heteroatoms. The predicted molar refractivity (Wildman–Crippen MR) is 90.6 cm³/mol. The van der Waals surface area contributed by atoms with Crippen molar-refractivity contribution in [2.45, 2.75) is 19.5 Å². The third kappa shape index (κ3) is 4.77. The van der Waals surface area contributed by atoms with Gasteiger partial charge in [0.1, 0.15) is 5.82 Å². The molecule has 0 saturated carbocycles. The monoisotopic (exact) mass is 429 g/mol. The fourth-order valence-electron chi connectivity index (χ4n) is 2.55. The second-order valence-corrected chi connectivity index (χ2v) is 4.99. The number of ether oxygens (including phenoxy) is 1. The fourth-order valence-corrected chi connectivity index (χ4v) is 2.55. The van der Waals surface area contributed by atoms with Crippen LogP contribution in [0.15, 0.2) is 17.4 Å². The molecular weight excluding hydrogens is 407 g/mol. The van der Waals surface area contributed by atoms with Gasteiger partial charge >= 0.3 is 6.55 Å². The number of methoxy groups -OCH3 is 1. The molecule has 1 N–H and O–H groups in total. The van der Waals surface area contributed by atoms with Gasteiger partial charge in [-0.1, -0.05) is 0 Å². The van der Waals surface area contributed by atoms with Crippen LogP contribution < -0.4 is 5.32 Å². The number of nitrogens with zero attached hydrogens (tertiary/aromatic N) is 4. The van der Waals surface area contributed by atoms with Crippen molar-refractivity contribution < 1.29 is 13.5 Å². The lowest BCUT2D eigenvalue weighted by Gasteiger charge is -2.21. The molecule has 1 aromatic rings. The van der Waals surface area contributed by atoms with Crippen molar-refractivity contribution in [3.63, 3.8) is 0 Å². The first-order valence-electron chi connectivity index (χ1n) is 6.90. The van der Waals surface area contributed by atoms with E-state index in [1.54, 1.807) is 14.2 Å². The minimum atomic E-state index is -2.58. The van der Waals surface area contributed by atoms with Crippen molar-refractivity contribution >= 4 is 29.9 Å². The van der Waals surface area contributed by atoms with Gasteiger partial charge in [-0.3, -0.25) is 9.56 Å². The first-order valence-corrected chi connectivity index (χ1v) is 6.90. The summed E-state index contributed by atoms with van der Waals surface area (Å²) in [5, 5.41) is 3.09. The Balaban J connectivity index is 0.00000242. The highest BCUT2D eigenvalue weighted by Crippen LogP contribution is 2.17. The summed E-state index contributed by atoms with van der Waals surface area (Å²) in [5.41, 5.74) is 0. The van der Waals surface area contributed by atoms with Gasteiger partial charge in [-0.15, -0.1) is 24.0 Å². The molecule has 1 unspecified atom stereocenters. The third-order valence-electron chi connectivity index (χ3n) is 3.56. The molecule has 1 fully saturated rings. The van der Waals surface area contributed by atoms with Gasteiger partial charge in [0.2, 0.25) is 0 Å². The van der Waals surface area contributed by atoms with Crippen molar-refractivity contribution in [1.29, 1.82) is 0 Å². The molecule has 0 radical (unpaired) electrons. The Kier molecular flexibility index (Phi) is 8.01. The lowest BCUT2D eigenvalue weighted by atomic mass is 10.1. The summed E-state index contributed by atoms with van der Waals surface area (Å²) in [5.74, 6) is 1.48. The van der Waals surface area contributed by atoms with E-state index in [-0.39, 0.29) is 30.5 Å². The molecule has 1 atom stereocenters. The highest BCUT2D eigenvalue weighted by molar-refractivity contribution is 14.0. The molecule has 126 valence electrons. The summed E-state index contributed by atoms with van der Waals surface area (Å²) in [6, 6.07) is 0. The molecule has 22 heavy (non-hydrogen) atoms. The van der Waals surface area contributed by atoms with Crippen molar-refractivity contribution in [2.75, 3.05) is 33.9 Å². The minimum Gasteiger partial charge on any atom is -0.384 e. The Hall–Kier alpha value is -0.970. The number of likely N-dealkylation sites (tertiary alicyclic amines) is 1. The second kappa shape index (κ2) is 9.23. The number of halogens is 3. The van der Waals surface area contributed by atoms with Gasteiger partial charge in [-0.25, -0.2) is 4.98 Å². The highest BCUT2D eigenvalue weighted by Gasteiger charge is 2.24. The molecule has 1 aliphatic rings. The van der Waals surface area contributed by atoms with E-state index >= 15 is 0 Å². The Morgan fingerprint density at radius 3 is 3.00 bits per heavy atom. The van der Waals surface area contributed by atoms with E-state index in [0.29, 0.717) is 17.7 Å². The number of guanidine groups is 1. The quantitative estimate of drug-likeness (QED) is 0.442. The molecule has 6 nitrogen and oxygen atoms in total. The van der Waals surface area contributed by atoms with Crippen LogP contribution in [0.3, 0.4) is 0 Å². The second-order valence-electron chi connectivity index (χ2n) is 4.99. The van der Waals surface area contributed by atoms with Crippen LogP contribution in [0.4, 0.5) is 8.78 Å². The molecular formula is C13H22F2IN5O. The molecule has 0 spiro atoms. The molecule has 2 rings (SSSR count). The van der Waals surface area contributed by atoms with Gasteiger partial charge in [-0.2, -0.15) is 8.78 Å². The van der Waals surface area contributed by atoms with Crippen LogP contribution in [0.5, 0.6) is 0 Å². The number of alkyl halides is 2. The lowest BCUT2D eigenvalue weighted by molar-refractivity contribution is 0.0668. The standard InChI is InChI=1S/C13H21F2N5O.HI/c1-16-13(19-5-3-10(8-19)9-21-2)18-7-11-17-4-6-20(11)12(14)15;/h4,6,10,12H,3,5,7-9H2,1-2H3,(H,16,18);1H. The zero-order chi connectivity index (χ0) is 15.2. The number of hydrogen-bond donors (Lipinski definition) is 1. The van der Waals surface area contributed by atoms with Crippen LogP contribution >= 0.6 is 24.0 Å². The van der Waals surface area contributed by atoms with Gasteiger partial charge in [0.25, 0.3) is 0 Å². The Morgan fingerprint density at radius 2 is 2.36 bits per heavy atom. The van der Waals surface area contributed by atoms with Crippen molar-refractivity contribution in [3.8, 4) is 0 Å². The molecule has 0 aromatic carbocycles. The van der Waals surface area contributed by atoms with Crippen LogP contribution in [-0.4, -0.2) is 54.3 Å². The van der Waals surface area contributed by atoms with Crippen molar-refractivity contribution in [3.05, 3.63) is 18.2 Å². The normalized spacial score (nSPS) is 18.7. The molecule has 2 heterocycles. The number of rotatable bonds is 5. The number of aromatic nitrogens is 2. The van der Waals surface area contributed by atoms with Gasteiger partial charge in [0.15, 0.2) is 5.96 Å². The molecule has 1 aliphatic heterocycles. The number of aliphatic imine (C=N–C) groups is 1. The molecule has 0 bridgehead atoms. The van der Waals surface area contributed by atoms with E-state index in [2.05, 4.69) is 20.2 Å². The van der Waals surface area contributed by atoms with Crippen LogP contribution in [0, 0.1) is 5.92 Å². The van der Waals surface area contributed by atoms with Crippen LogP contribution in [0.25, 0.3) is 0 Å². The number of imidazole rings is 1. The summed E-state index contributed by atoms with van der Waals surface area (Å²) in [6.07, 6.45) is 3.69. The lowest BCUT2D eigenvalue weighted by Crippen LogP contribution is -2.40. The first kappa shape index (κ1) is 19.1. The summed E-state index contributed by atoms with van der Waals surface area (Å²) in [7, 11) is 3.38. The van der Waals surface area contributed by atoms with E-state index in [1.165, 1.54) is 12.4 Å². The van der Waals surface area contributed by atoms with E-state index in [1.807, 2.05) is 0 Å². The first-order chi connectivity index (χ1) is 10.2. The van der Waals surface area contributed by atoms with E-state index in [9.17, 15) is 8.78 Å². The van der Waals surface area contributed by atoms with Gasteiger partial charge in [-0.05, 0) is 6.42 Å². The average molecular weight is 429 g/mol. The summed E-state index contributed by atoms with van der Waals surface area (Å²) >= 11 is 0. The molecule has 0 amide bonds. The summed E-state index contributed by atoms with van der Waals surface area (Å²) < 4.78 is 31.5. The van der Waals surface area contributed by atoms with Gasteiger partial charge in [0, 0.05) is 45.6 Å². The van der Waals surface area contributed by atoms with E-state index < -0.39 is 6.55 Å². The summed E-state index contributed by atoms with van der Waals surface area (Å²) in [4.78, 5) is 10.3. The largest absolute Gasteiger partial charge is 0.384 e. The predicted octanol–water partition coefficient (Wildman–Crippen LogP) is 1.94. The third-order valence-corrected chi connectivity index (χ3v) is 3.56. The SMILES string of the molecule is CN=C(NCc1nccn1C(F)F)N1CCC(COC)C1.I. The van der Waals surface area contributed by atoms with Crippen LogP contribution in [0.1, 0.15) is 18.8 Å². The van der Waals surface area contributed by atoms with E-state index in [0.717, 1.165) is 30.7 Å². The minimum absolute atomic E-state index is 0.